The first kappa shape index (κ1) is 12.9. The zero-order chi connectivity index (χ0) is 12.1. The van der Waals surface area contributed by atoms with Crippen molar-refractivity contribution >= 4 is 44.3 Å². The summed E-state index contributed by atoms with van der Waals surface area (Å²) in [6.45, 7) is 1.97. The second-order valence-corrected chi connectivity index (χ2v) is 5.06. The van der Waals surface area contributed by atoms with E-state index in [1.807, 2.05) is 0 Å². The summed E-state index contributed by atoms with van der Waals surface area (Å²) >= 11 is 4.15. The lowest BCUT2D eigenvalue weighted by atomic mass is 10.3. The Kier molecular flexibility index (Phi) is 4.63. The molecule has 5 nitrogen and oxygen atoms in total. The summed E-state index contributed by atoms with van der Waals surface area (Å²) in [7, 11) is 0. The SMILES string of the molecule is CCOC(=O)C=Cc1cc(Br)sc1[N+](=O)[O-]. The minimum atomic E-state index is -0.515. The van der Waals surface area contributed by atoms with Gasteiger partial charge in [0.1, 0.15) is 0 Å². The quantitative estimate of drug-likeness (QED) is 0.371. The molecule has 0 aliphatic carbocycles. The summed E-state index contributed by atoms with van der Waals surface area (Å²) in [5.74, 6) is -0.515. The van der Waals surface area contributed by atoms with Crippen molar-refractivity contribution < 1.29 is 14.5 Å². The van der Waals surface area contributed by atoms with Crippen molar-refractivity contribution in [3.63, 3.8) is 0 Å². The molecule has 0 aliphatic heterocycles. The summed E-state index contributed by atoms with van der Waals surface area (Å²) in [6.07, 6.45) is 2.54. The van der Waals surface area contributed by atoms with Crippen LogP contribution in [0.15, 0.2) is 15.9 Å². The van der Waals surface area contributed by atoms with Gasteiger partial charge in [-0.3, -0.25) is 10.1 Å². The van der Waals surface area contributed by atoms with E-state index < -0.39 is 10.9 Å². The molecule has 0 fully saturated rings. The molecular weight excluding hydrogens is 298 g/mol. The van der Waals surface area contributed by atoms with Crippen LogP contribution in [0.25, 0.3) is 6.08 Å². The fourth-order valence-corrected chi connectivity index (χ4v) is 2.37. The molecule has 1 rings (SSSR count). The molecule has 0 saturated carbocycles. The molecule has 0 atom stereocenters. The van der Waals surface area contributed by atoms with Crippen molar-refractivity contribution in [3.05, 3.63) is 31.6 Å². The molecule has 0 unspecified atom stereocenters. The molecule has 1 aromatic heterocycles. The number of nitro groups is 1. The van der Waals surface area contributed by atoms with Crippen LogP contribution >= 0.6 is 27.3 Å². The van der Waals surface area contributed by atoms with Crippen molar-refractivity contribution in [2.45, 2.75) is 6.92 Å². The number of ether oxygens (including phenoxy) is 1. The second kappa shape index (κ2) is 5.76. The molecule has 16 heavy (non-hydrogen) atoms. The number of esters is 1. The zero-order valence-corrected chi connectivity index (χ0v) is 10.7. The van der Waals surface area contributed by atoms with Gasteiger partial charge in [0.05, 0.1) is 20.9 Å². The largest absolute Gasteiger partial charge is 0.463 e. The summed E-state index contributed by atoms with van der Waals surface area (Å²) in [6, 6.07) is 1.58. The first-order valence-electron chi connectivity index (χ1n) is 4.33. The molecule has 86 valence electrons. The molecule has 0 radical (unpaired) electrons. The number of carbonyl (C=O) groups excluding carboxylic acids is 1. The molecule has 0 saturated heterocycles. The third kappa shape index (κ3) is 3.42. The van der Waals surface area contributed by atoms with E-state index in [4.69, 9.17) is 0 Å². The topological polar surface area (TPSA) is 69.4 Å². The molecule has 0 aliphatic rings. The Morgan fingerprint density at radius 1 is 1.75 bits per heavy atom. The highest BCUT2D eigenvalue weighted by atomic mass is 79.9. The van der Waals surface area contributed by atoms with Crippen LogP contribution in [0.2, 0.25) is 0 Å². The van der Waals surface area contributed by atoms with Gasteiger partial charge in [-0.1, -0.05) is 11.3 Å². The highest BCUT2D eigenvalue weighted by molar-refractivity contribution is 9.11. The molecule has 0 amide bonds. The summed E-state index contributed by atoms with van der Waals surface area (Å²) in [5.41, 5.74) is 0.384. The molecular formula is C9H8BrNO4S. The maximum atomic E-state index is 11.0. The number of carbonyl (C=O) groups is 1. The monoisotopic (exact) mass is 305 g/mol. The van der Waals surface area contributed by atoms with Gasteiger partial charge in [-0.15, -0.1) is 0 Å². The Balaban J connectivity index is 2.88. The van der Waals surface area contributed by atoms with E-state index in [2.05, 4.69) is 20.7 Å². The van der Waals surface area contributed by atoms with Gasteiger partial charge in [0.25, 0.3) is 0 Å². The van der Waals surface area contributed by atoms with Crippen molar-refractivity contribution in [3.8, 4) is 0 Å². The van der Waals surface area contributed by atoms with Gasteiger partial charge in [-0.05, 0) is 35.0 Å². The van der Waals surface area contributed by atoms with Gasteiger partial charge in [0.15, 0.2) is 0 Å². The standard InChI is InChI=1S/C9H8BrNO4S/c1-2-15-8(12)4-3-6-5-7(10)16-9(6)11(13)14/h3-5H,2H2,1H3. The number of hydrogen-bond donors (Lipinski definition) is 0. The predicted octanol–water partition coefficient (Wildman–Crippen LogP) is 3.00. The Hall–Kier alpha value is -1.21. The maximum absolute atomic E-state index is 11.0. The first-order chi connectivity index (χ1) is 7.54. The fourth-order valence-electron chi connectivity index (χ4n) is 0.975. The van der Waals surface area contributed by atoms with Crippen LogP contribution < -0.4 is 0 Å². The molecule has 0 bridgehead atoms. The average Bonchev–Trinajstić information content (AvgIpc) is 2.57. The summed E-state index contributed by atoms with van der Waals surface area (Å²) in [4.78, 5) is 21.2. The third-order valence-corrected chi connectivity index (χ3v) is 3.17. The predicted molar refractivity (Wildman–Crippen MR) is 64.3 cm³/mol. The molecule has 7 heteroatoms. The van der Waals surface area contributed by atoms with Crippen LogP contribution in [0, 0.1) is 10.1 Å². The Morgan fingerprint density at radius 2 is 2.44 bits per heavy atom. The lowest BCUT2D eigenvalue weighted by molar-refractivity contribution is -0.380. The van der Waals surface area contributed by atoms with Gasteiger partial charge in [-0.2, -0.15) is 0 Å². The number of rotatable bonds is 4. The molecule has 0 aromatic carbocycles. The van der Waals surface area contributed by atoms with Crippen molar-refractivity contribution in [2.24, 2.45) is 0 Å². The lowest BCUT2D eigenvalue weighted by Gasteiger charge is -1.93. The van der Waals surface area contributed by atoms with Crippen LogP contribution in [0.5, 0.6) is 0 Å². The molecule has 0 N–H and O–H groups in total. The maximum Gasteiger partial charge on any atom is 0.332 e. The Labute approximate surface area is 104 Å². The molecule has 1 aromatic rings. The van der Waals surface area contributed by atoms with E-state index in [0.29, 0.717) is 9.35 Å². The van der Waals surface area contributed by atoms with Gasteiger partial charge >= 0.3 is 11.0 Å². The minimum Gasteiger partial charge on any atom is -0.463 e. The van der Waals surface area contributed by atoms with Crippen molar-refractivity contribution in [2.75, 3.05) is 6.61 Å². The Morgan fingerprint density at radius 3 is 3.00 bits per heavy atom. The second-order valence-electron chi connectivity index (χ2n) is 2.65. The van der Waals surface area contributed by atoms with E-state index in [1.54, 1.807) is 13.0 Å². The number of nitrogens with zero attached hydrogens (tertiary/aromatic N) is 1. The van der Waals surface area contributed by atoms with Gasteiger partial charge in [0, 0.05) is 6.08 Å². The normalized spacial score (nSPS) is 10.6. The van der Waals surface area contributed by atoms with E-state index in [1.165, 1.54) is 12.2 Å². The number of thiophene rings is 1. The van der Waals surface area contributed by atoms with Crippen LogP contribution in [-0.4, -0.2) is 17.5 Å². The highest BCUT2D eigenvalue weighted by Gasteiger charge is 2.16. The number of halogens is 1. The van der Waals surface area contributed by atoms with Crippen LogP contribution in [0.1, 0.15) is 12.5 Å². The third-order valence-electron chi connectivity index (χ3n) is 1.56. The van der Waals surface area contributed by atoms with Crippen LogP contribution in [0.3, 0.4) is 0 Å². The van der Waals surface area contributed by atoms with E-state index in [0.717, 1.165) is 11.3 Å². The van der Waals surface area contributed by atoms with E-state index >= 15 is 0 Å². The average molecular weight is 306 g/mol. The van der Waals surface area contributed by atoms with Crippen LogP contribution in [-0.2, 0) is 9.53 Å². The minimum absolute atomic E-state index is 0.00702. The first-order valence-corrected chi connectivity index (χ1v) is 5.94. The molecule has 1 heterocycles. The van der Waals surface area contributed by atoms with Crippen LogP contribution in [0.4, 0.5) is 5.00 Å². The van der Waals surface area contributed by atoms with Crippen molar-refractivity contribution in [1.29, 1.82) is 0 Å². The van der Waals surface area contributed by atoms with E-state index in [-0.39, 0.29) is 11.6 Å². The smallest absolute Gasteiger partial charge is 0.332 e. The summed E-state index contributed by atoms with van der Waals surface area (Å²) < 4.78 is 5.31. The van der Waals surface area contributed by atoms with Gasteiger partial charge < -0.3 is 4.74 Å². The highest BCUT2D eigenvalue weighted by Crippen LogP contribution is 2.34. The molecule has 0 spiro atoms. The van der Waals surface area contributed by atoms with Gasteiger partial charge in [0.2, 0.25) is 0 Å². The Bertz CT molecular complexity index is 441. The zero-order valence-electron chi connectivity index (χ0n) is 8.31. The van der Waals surface area contributed by atoms with Crippen molar-refractivity contribution in [1.82, 2.24) is 0 Å². The van der Waals surface area contributed by atoms with E-state index in [9.17, 15) is 14.9 Å². The fraction of sp³-hybridized carbons (Fsp3) is 0.222. The number of hydrogen-bond acceptors (Lipinski definition) is 5. The summed E-state index contributed by atoms with van der Waals surface area (Å²) in [5, 5.41) is 10.6. The van der Waals surface area contributed by atoms with Gasteiger partial charge in [-0.25, -0.2) is 4.79 Å². The lowest BCUT2D eigenvalue weighted by Crippen LogP contribution is -1.98.